The molecule has 0 saturated carbocycles. The van der Waals surface area contributed by atoms with E-state index in [1.807, 2.05) is 44.7 Å². The van der Waals surface area contributed by atoms with Crippen LogP contribution in [0.5, 0.6) is 0 Å². The normalized spacial score (nSPS) is 14.5. The Morgan fingerprint density at radius 2 is 1.85 bits per heavy atom. The van der Waals surface area contributed by atoms with Crippen molar-refractivity contribution in [1.82, 2.24) is 15.1 Å². The summed E-state index contributed by atoms with van der Waals surface area (Å²) in [5.41, 5.74) is 1.23. The lowest BCUT2D eigenvalue weighted by atomic mass is 10.1. The van der Waals surface area contributed by atoms with Crippen LogP contribution in [0.1, 0.15) is 56.5 Å². The molecule has 0 bridgehead atoms. The van der Waals surface area contributed by atoms with Gasteiger partial charge in [0.25, 0.3) is 5.91 Å². The van der Waals surface area contributed by atoms with Gasteiger partial charge in [-0.05, 0) is 51.8 Å². The summed E-state index contributed by atoms with van der Waals surface area (Å²) in [6, 6.07) is 7.29. The van der Waals surface area contributed by atoms with Crippen molar-refractivity contribution in [1.29, 1.82) is 0 Å². The molecule has 0 aromatic heterocycles. The smallest absolute Gasteiger partial charge is 0.254 e. The molecule has 26 heavy (non-hydrogen) atoms. The van der Waals surface area contributed by atoms with E-state index in [2.05, 4.69) is 5.32 Å². The summed E-state index contributed by atoms with van der Waals surface area (Å²) >= 11 is 0. The summed E-state index contributed by atoms with van der Waals surface area (Å²) in [5, 5.41) is 2.87. The van der Waals surface area contributed by atoms with Crippen molar-refractivity contribution >= 4 is 17.7 Å². The molecule has 3 amide bonds. The number of rotatable bonds is 6. The van der Waals surface area contributed by atoms with E-state index < -0.39 is 0 Å². The van der Waals surface area contributed by atoms with Gasteiger partial charge in [0.1, 0.15) is 0 Å². The predicted molar refractivity (Wildman–Crippen MR) is 101 cm³/mol. The molecule has 1 aliphatic heterocycles. The average molecular weight is 359 g/mol. The third-order valence-corrected chi connectivity index (χ3v) is 4.26. The Balaban J connectivity index is 1.98. The molecular weight excluding hydrogens is 330 g/mol. The first-order chi connectivity index (χ1) is 12.2. The fraction of sp³-hybridized carbons (Fsp3) is 0.550. The maximum absolute atomic E-state index is 12.7. The molecule has 0 aliphatic carbocycles. The Labute approximate surface area is 155 Å². The van der Waals surface area contributed by atoms with Crippen molar-refractivity contribution in [3.05, 3.63) is 35.4 Å². The van der Waals surface area contributed by atoms with Gasteiger partial charge < -0.3 is 15.1 Å². The van der Waals surface area contributed by atoms with Crippen LogP contribution in [0.15, 0.2) is 24.3 Å². The molecule has 0 atom stereocenters. The molecule has 6 nitrogen and oxygen atoms in total. The summed E-state index contributed by atoms with van der Waals surface area (Å²) in [6.45, 7) is 9.46. The van der Waals surface area contributed by atoms with Gasteiger partial charge in [0.2, 0.25) is 11.8 Å². The van der Waals surface area contributed by atoms with Gasteiger partial charge >= 0.3 is 0 Å². The Kier molecular flexibility index (Phi) is 6.40. The molecule has 1 saturated heterocycles. The van der Waals surface area contributed by atoms with Gasteiger partial charge in [-0.2, -0.15) is 0 Å². The standard InChI is InChI=1S/C20H29N3O3/c1-5-22(14-17(24)21-20(2,3)4)19(26)16-10-8-15(9-11-16)13-23-12-6-7-18(23)25/h8-11H,5-7,12-14H2,1-4H3,(H,21,24). The van der Waals surface area contributed by atoms with E-state index in [0.717, 1.165) is 18.5 Å². The number of likely N-dealkylation sites (tertiary alicyclic amines) is 1. The molecule has 1 N–H and O–H groups in total. The van der Waals surface area contributed by atoms with Gasteiger partial charge in [-0.3, -0.25) is 14.4 Å². The minimum atomic E-state index is -0.325. The number of likely N-dealkylation sites (N-methyl/N-ethyl adjacent to an activating group) is 1. The number of carbonyl (C=O) groups is 3. The lowest BCUT2D eigenvalue weighted by Crippen LogP contribution is -2.47. The van der Waals surface area contributed by atoms with Crippen LogP contribution in [0.2, 0.25) is 0 Å². The fourth-order valence-electron chi connectivity index (χ4n) is 2.99. The first-order valence-corrected chi connectivity index (χ1v) is 9.16. The molecule has 0 unspecified atom stereocenters. The average Bonchev–Trinajstić information content (AvgIpc) is 2.96. The molecule has 2 rings (SSSR count). The number of hydrogen-bond donors (Lipinski definition) is 1. The number of amides is 3. The van der Waals surface area contributed by atoms with Crippen molar-refractivity contribution < 1.29 is 14.4 Å². The van der Waals surface area contributed by atoms with Crippen molar-refractivity contribution in [2.75, 3.05) is 19.6 Å². The summed E-state index contributed by atoms with van der Waals surface area (Å²) < 4.78 is 0. The van der Waals surface area contributed by atoms with Gasteiger partial charge in [0, 0.05) is 37.2 Å². The highest BCUT2D eigenvalue weighted by Gasteiger charge is 2.22. The maximum atomic E-state index is 12.7. The van der Waals surface area contributed by atoms with Gasteiger partial charge in [-0.25, -0.2) is 0 Å². The van der Waals surface area contributed by atoms with E-state index >= 15 is 0 Å². The highest BCUT2D eigenvalue weighted by atomic mass is 16.2. The molecule has 1 aromatic rings. The number of hydrogen-bond acceptors (Lipinski definition) is 3. The highest BCUT2D eigenvalue weighted by Crippen LogP contribution is 2.15. The molecule has 1 fully saturated rings. The van der Waals surface area contributed by atoms with Gasteiger partial charge in [0.15, 0.2) is 0 Å². The number of carbonyl (C=O) groups excluding carboxylic acids is 3. The highest BCUT2D eigenvalue weighted by molar-refractivity contribution is 5.96. The lowest BCUT2D eigenvalue weighted by Gasteiger charge is -2.25. The predicted octanol–water partition coefficient (Wildman–Crippen LogP) is 2.19. The van der Waals surface area contributed by atoms with Crippen LogP contribution in [0.4, 0.5) is 0 Å². The third-order valence-electron chi connectivity index (χ3n) is 4.26. The van der Waals surface area contributed by atoms with Crippen molar-refractivity contribution in [2.24, 2.45) is 0 Å². The van der Waals surface area contributed by atoms with Gasteiger partial charge in [0.05, 0.1) is 6.54 Å². The number of benzene rings is 1. The summed E-state index contributed by atoms with van der Waals surface area (Å²) in [5.74, 6) is -0.149. The third kappa shape index (κ3) is 5.58. The number of nitrogens with zero attached hydrogens (tertiary/aromatic N) is 2. The Morgan fingerprint density at radius 3 is 2.35 bits per heavy atom. The first kappa shape index (κ1) is 19.9. The van der Waals surface area contributed by atoms with Crippen LogP contribution < -0.4 is 5.32 Å². The molecular formula is C20H29N3O3. The van der Waals surface area contributed by atoms with Crippen molar-refractivity contribution in [3.63, 3.8) is 0 Å². The number of nitrogens with one attached hydrogen (secondary N) is 1. The lowest BCUT2D eigenvalue weighted by molar-refractivity contribution is -0.128. The van der Waals surface area contributed by atoms with Crippen LogP contribution in [0.3, 0.4) is 0 Å². The van der Waals surface area contributed by atoms with Crippen LogP contribution in [-0.4, -0.2) is 52.7 Å². The summed E-state index contributed by atoms with van der Waals surface area (Å²) in [6.07, 6.45) is 1.54. The second-order valence-corrected chi connectivity index (χ2v) is 7.73. The molecule has 0 radical (unpaired) electrons. The summed E-state index contributed by atoms with van der Waals surface area (Å²) in [4.78, 5) is 39.8. The Bertz CT molecular complexity index is 662. The van der Waals surface area contributed by atoms with Gasteiger partial charge in [-0.15, -0.1) is 0 Å². The molecule has 1 heterocycles. The van der Waals surface area contributed by atoms with Crippen LogP contribution in [0, 0.1) is 0 Å². The topological polar surface area (TPSA) is 69.7 Å². The van der Waals surface area contributed by atoms with Crippen molar-refractivity contribution in [2.45, 2.75) is 52.6 Å². The van der Waals surface area contributed by atoms with E-state index in [0.29, 0.717) is 25.1 Å². The zero-order valence-electron chi connectivity index (χ0n) is 16.2. The zero-order valence-corrected chi connectivity index (χ0v) is 16.2. The minimum absolute atomic E-state index is 0.0383. The Hall–Kier alpha value is -2.37. The van der Waals surface area contributed by atoms with E-state index in [9.17, 15) is 14.4 Å². The fourth-order valence-corrected chi connectivity index (χ4v) is 2.99. The first-order valence-electron chi connectivity index (χ1n) is 9.16. The summed E-state index contributed by atoms with van der Waals surface area (Å²) in [7, 11) is 0. The van der Waals surface area contributed by atoms with Gasteiger partial charge in [-0.1, -0.05) is 12.1 Å². The molecule has 1 aliphatic rings. The largest absolute Gasteiger partial charge is 0.350 e. The van der Waals surface area contributed by atoms with Crippen molar-refractivity contribution in [3.8, 4) is 0 Å². The van der Waals surface area contributed by atoms with Crippen LogP contribution in [0.25, 0.3) is 0 Å². The van der Waals surface area contributed by atoms with Crippen LogP contribution in [-0.2, 0) is 16.1 Å². The van der Waals surface area contributed by atoms with E-state index in [1.165, 1.54) is 4.90 Å². The molecule has 6 heteroatoms. The zero-order chi connectivity index (χ0) is 19.3. The molecule has 0 spiro atoms. The quantitative estimate of drug-likeness (QED) is 0.846. The van der Waals surface area contributed by atoms with E-state index in [1.54, 1.807) is 12.1 Å². The van der Waals surface area contributed by atoms with E-state index in [4.69, 9.17) is 0 Å². The SMILES string of the molecule is CCN(CC(=O)NC(C)(C)C)C(=O)c1ccc(CN2CCCC2=O)cc1. The monoisotopic (exact) mass is 359 g/mol. The second kappa shape index (κ2) is 8.34. The molecule has 1 aromatic carbocycles. The van der Waals surface area contributed by atoms with E-state index in [-0.39, 0.29) is 29.8 Å². The minimum Gasteiger partial charge on any atom is -0.350 e. The maximum Gasteiger partial charge on any atom is 0.254 e. The second-order valence-electron chi connectivity index (χ2n) is 7.73. The molecule has 142 valence electrons. The van der Waals surface area contributed by atoms with Crippen LogP contribution >= 0.6 is 0 Å². The Morgan fingerprint density at radius 1 is 1.19 bits per heavy atom.